The second kappa shape index (κ2) is 16.2. The molecular weight excluding hydrogens is 574 g/mol. The summed E-state index contributed by atoms with van der Waals surface area (Å²) in [6.45, 7) is 10.7. The van der Waals surface area contributed by atoms with Gasteiger partial charge in [-0.25, -0.2) is 0 Å². The quantitative estimate of drug-likeness (QED) is 0.137. The summed E-state index contributed by atoms with van der Waals surface area (Å²) in [6.07, 6.45) is 8.43. The van der Waals surface area contributed by atoms with Crippen LogP contribution < -0.4 is 5.32 Å². The largest absolute Gasteiger partial charge is 0.463 e. The average molecular weight is 624 g/mol. The number of allylic oxidation sites excluding steroid dienone is 1. The van der Waals surface area contributed by atoms with Crippen molar-refractivity contribution in [3.8, 4) is 0 Å². The summed E-state index contributed by atoms with van der Waals surface area (Å²) >= 11 is 0. The molecule has 2 N–H and O–H groups in total. The van der Waals surface area contributed by atoms with Crippen LogP contribution >= 0.6 is 0 Å². The van der Waals surface area contributed by atoms with Gasteiger partial charge < -0.3 is 29.7 Å². The number of hydrogen-bond donors (Lipinski definition) is 2. The van der Waals surface area contributed by atoms with Crippen molar-refractivity contribution < 1.29 is 33.8 Å². The van der Waals surface area contributed by atoms with Crippen LogP contribution in [0.1, 0.15) is 76.3 Å². The minimum Gasteiger partial charge on any atom is -0.463 e. The third-order valence-corrected chi connectivity index (χ3v) is 9.32. The minimum atomic E-state index is -1.11. The predicted octanol–water partition coefficient (Wildman–Crippen LogP) is 3.71. The maximum Gasteiger partial charge on any atom is 0.306 e. The molecule has 0 aliphatic carbocycles. The average Bonchev–Trinajstić information content (AvgIpc) is 3.69. The number of unbranched alkanes of at least 4 members (excludes halogenated alkanes) is 3. The Morgan fingerprint density at radius 3 is 2.64 bits per heavy atom. The number of fused-ring (bicyclic) bond motifs is 1. The van der Waals surface area contributed by atoms with Crippen LogP contribution in [-0.4, -0.2) is 89.2 Å². The molecular formula is C35H49N3O7. The molecule has 246 valence electrons. The Kier molecular flexibility index (Phi) is 12.4. The van der Waals surface area contributed by atoms with Crippen LogP contribution in [0.25, 0.3) is 0 Å². The Morgan fingerprint density at radius 2 is 1.96 bits per heavy atom. The summed E-state index contributed by atoms with van der Waals surface area (Å²) < 4.78 is 12.1. The first-order valence-electron chi connectivity index (χ1n) is 16.4. The van der Waals surface area contributed by atoms with Crippen molar-refractivity contribution in [1.82, 2.24) is 15.1 Å². The van der Waals surface area contributed by atoms with E-state index in [1.807, 2.05) is 30.3 Å². The number of rotatable bonds is 19. The third kappa shape index (κ3) is 7.49. The summed E-state index contributed by atoms with van der Waals surface area (Å²) in [6, 6.07) is 7.79. The molecule has 0 saturated carbocycles. The molecule has 10 nitrogen and oxygen atoms in total. The first-order chi connectivity index (χ1) is 21.8. The molecule has 45 heavy (non-hydrogen) atoms. The van der Waals surface area contributed by atoms with Gasteiger partial charge in [0.2, 0.25) is 17.7 Å². The summed E-state index contributed by atoms with van der Waals surface area (Å²) in [7, 11) is 0. The number of benzene rings is 1. The van der Waals surface area contributed by atoms with Gasteiger partial charge in [-0.2, -0.15) is 0 Å². The maximum absolute atomic E-state index is 14.3. The van der Waals surface area contributed by atoms with Crippen LogP contribution in [0.2, 0.25) is 0 Å². The van der Waals surface area contributed by atoms with Crippen molar-refractivity contribution >= 4 is 23.7 Å². The molecule has 4 rings (SSSR count). The summed E-state index contributed by atoms with van der Waals surface area (Å²) in [5.74, 6) is -2.78. The van der Waals surface area contributed by atoms with Crippen LogP contribution in [0.15, 0.2) is 55.6 Å². The van der Waals surface area contributed by atoms with E-state index in [-0.39, 0.29) is 43.3 Å². The maximum atomic E-state index is 14.3. The number of ether oxygens (including phenoxy) is 2. The number of aliphatic hydroxyl groups is 1. The Balaban J connectivity index is 1.60. The van der Waals surface area contributed by atoms with Gasteiger partial charge in [-0.15, -0.1) is 13.2 Å². The van der Waals surface area contributed by atoms with Gasteiger partial charge in [0.05, 0.1) is 24.0 Å². The Bertz CT molecular complexity index is 1210. The Morgan fingerprint density at radius 1 is 1.18 bits per heavy atom. The van der Waals surface area contributed by atoms with E-state index in [4.69, 9.17) is 9.47 Å². The lowest BCUT2D eigenvalue weighted by Crippen LogP contribution is -2.56. The van der Waals surface area contributed by atoms with E-state index in [2.05, 4.69) is 25.4 Å². The van der Waals surface area contributed by atoms with Gasteiger partial charge in [0, 0.05) is 32.7 Å². The molecule has 3 heterocycles. The third-order valence-electron chi connectivity index (χ3n) is 9.32. The Labute approximate surface area is 266 Å². The van der Waals surface area contributed by atoms with Gasteiger partial charge in [-0.1, -0.05) is 62.2 Å². The molecule has 3 fully saturated rings. The first kappa shape index (κ1) is 34.4. The number of carbonyl (C=O) groups is 4. The summed E-state index contributed by atoms with van der Waals surface area (Å²) in [5, 5.41) is 12.5. The number of aliphatic hydroxyl groups excluding tert-OH is 1. The number of likely N-dealkylation sites (tertiary alicyclic amines) is 1. The van der Waals surface area contributed by atoms with Crippen LogP contribution in [0.5, 0.6) is 0 Å². The fourth-order valence-corrected chi connectivity index (χ4v) is 7.18. The van der Waals surface area contributed by atoms with Gasteiger partial charge in [0.15, 0.2) is 0 Å². The van der Waals surface area contributed by atoms with Crippen LogP contribution in [0.3, 0.4) is 0 Å². The highest BCUT2D eigenvalue weighted by Gasteiger charge is 2.74. The lowest BCUT2D eigenvalue weighted by Gasteiger charge is -2.37. The highest BCUT2D eigenvalue weighted by Crippen LogP contribution is 2.58. The zero-order chi connectivity index (χ0) is 32.4. The van der Waals surface area contributed by atoms with E-state index in [0.29, 0.717) is 51.7 Å². The molecule has 0 unspecified atom stereocenters. The van der Waals surface area contributed by atoms with Gasteiger partial charge >= 0.3 is 5.97 Å². The van der Waals surface area contributed by atoms with E-state index in [0.717, 1.165) is 24.8 Å². The molecule has 0 aromatic heterocycles. The zero-order valence-corrected chi connectivity index (χ0v) is 26.5. The second-order valence-corrected chi connectivity index (χ2v) is 12.3. The molecule has 1 aromatic rings. The molecule has 3 amide bonds. The van der Waals surface area contributed by atoms with Crippen molar-refractivity contribution in [3.05, 3.63) is 61.2 Å². The molecule has 1 aromatic carbocycles. The smallest absolute Gasteiger partial charge is 0.306 e. The Hall–Kier alpha value is -3.50. The van der Waals surface area contributed by atoms with Crippen molar-refractivity contribution in [2.45, 2.75) is 88.5 Å². The fourth-order valence-electron chi connectivity index (χ4n) is 7.18. The number of carbonyl (C=O) groups excluding carboxylic acids is 4. The standard InChI is InChI=1S/C35H49N3O7/c1-4-7-12-21-37(20-6-3)34(43)31-35-19-18-27(45-35)29(30(35)33(42)38(31)22-13-14-23-39)32(41)36-26(25-15-10-9-11-16-25)24-44-28(40)17-8-5-2/h5-6,9-11,15-16,26-27,29-31,39H,2-4,7-8,12-14,17-24H2,1H3,(H,36,41)/t26-,27+,29-,30-,31+,35-/m0/s1. The molecule has 1 spiro atoms. The van der Waals surface area contributed by atoms with E-state index < -0.39 is 35.6 Å². The van der Waals surface area contributed by atoms with Crippen molar-refractivity contribution in [3.63, 3.8) is 0 Å². The lowest BCUT2D eigenvalue weighted by atomic mass is 9.70. The van der Waals surface area contributed by atoms with Crippen LogP contribution in [-0.2, 0) is 28.7 Å². The van der Waals surface area contributed by atoms with E-state index >= 15 is 0 Å². The molecule has 3 aliphatic heterocycles. The van der Waals surface area contributed by atoms with E-state index in [9.17, 15) is 24.3 Å². The van der Waals surface area contributed by atoms with Gasteiger partial charge in [-0.3, -0.25) is 19.2 Å². The van der Waals surface area contributed by atoms with Crippen LogP contribution in [0.4, 0.5) is 0 Å². The normalized spacial score (nSPS) is 25.5. The molecule has 3 saturated heterocycles. The topological polar surface area (TPSA) is 125 Å². The highest BCUT2D eigenvalue weighted by atomic mass is 16.5. The highest BCUT2D eigenvalue weighted by molar-refractivity contribution is 5.99. The van der Waals surface area contributed by atoms with Gasteiger partial charge in [-0.05, 0) is 44.1 Å². The van der Waals surface area contributed by atoms with Crippen molar-refractivity contribution in [1.29, 1.82) is 0 Å². The SMILES string of the molecule is C=CCCC(=O)OC[C@H](NC(=O)[C@@H]1[C@H]2C(=O)N(CCCCO)[C@H](C(=O)N(CC=C)CCCCC)[C@]23CC[C@H]1O3)c1ccccc1. The van der Waals surface area contributed by atoms with E-state index in [1.165, 1.54) is 0 Å². The lowest BCUT2D eigenvalue weighted by molar-refractivity contribution is -0.148. The van der Waals surface area contributed by atoms with Gasteiger partial charge in [0.25, 0.3) is 0 Å². The number of hydrogen-bond acceptors (Lipinski definition) is 7. The predicted molar refractivity (Wildman–Crippen MR) is 170 cm³/mol. The van der Waals surface area contributed by atoms with E-state index in [1.54, 1.807) is 22.0 Å². The molecule has 2 bridgehead atoms. The van der Waals surface area contributed by atoms with Gasteiger partial charge in [0.1, 0.15) is 18.2 Å². The number of esters is 1. The zero-order valence-electron chi connectivity index (χ0n) is 26.5. The minimum absolute atomic E-state index is 0.0164. The second-order valence-electron chi connectivity index (χ2n) is 12.3. The number of amides is 3. The van der Waals surface area contributed by atoms with Crippen LogP contribution in [0, 0.1) is 11.8 Å². The number of nitrogens with zero attached hydrogens (tertiary/aromatic N) is 2. The summed E-state index contributed by atoms with van der Waals surface area (Å²) in [4.78, 5) is 58.3. The molecule has 10 heteroatoms. The molecule has 3 aliphatic rings. The first-order valence-corrected chi connectivity index (χ1v) is 16.4. The van der Waals surface area contributed by atoms with Crippen molar-refractivity contribution in [2.75, 3.05) is 32.8 Å². The van der Waals surface area contributed by atoms with Crippen molar-refractivity contribution in [2.24, 2.45) is 11.8 Å². The number of nitrogens with one attached hydrogen (secondary N) is 1. The molecule has 6 atom stereocenters. The fraction of sp³-hybridized carbons (Fsp3) is 0.600. The monoisotopic (exact) mass is 623 g/mol. The molecule has 0 radical (unpaired) electrons. The summed E-state index contributed by atoms with van der Waals surface area (Å²) in [5.41, 5.74) is -0.339.